The molecule has 2 nitrogen and oxygen atoms in total. The van der Waals surface area contributed by atoms with Gasteiger partial charge in [-0.1, -0.05) is 19.1 Å². The number of hydrogen-bond acceptors (Lipinski definition) is 2. The Kier molecular flexibility index (Phi) is 3.29. The van der Waals surface area contributed by atoms with E-state index < -0.39 is 0 Å². The van der Waals surface area contributed by atoms with Crippen LogP contribution < -0.4 is 10.6 Å². The molecular weight excluding hydrogens is 220 g/mol. The van der Waals surface area contributed by atoms with Gasteiger partial charge in [-0.25, -0.2) is 0 Å². The van der Waals surface area contributed by atoms with Gasteiger partial charge in [0.15, 0.2) is 0 Å². The van der Waals surface area contributed by atoms with E-state index in [1.165, 1.54) is 44.3 Å². The number of hydrogen-bond donors (Lipinski definition) is 1. The fourth-order valence-electron chi connectivity index (χ4n) is 3.53. The highest BCUT2D eigenvalue weighted by molar-refractivity contribution is 5.64. The molecule has 1 atom stereocenters. The lowest BCUT2D eigenvalue weighted by atomic mass is 9.86. The zero-order chi connectivity index (χ0) is 12.5. The molecule has 0 fully saturated rings. The molecule has 0 bridgehead atoms. The third-order valence-corrected chi connectivity index (χ3v) is 4.52. The van der Waals surface area contributed by atoms with Crippen molar-refractivity contribution in [1.82, 2.24) is 0 Å². The Morgan fingerprint density at radius 1 is 1.17 bits per heavy atom. The van der Waals surface area contributed by atoms with Crippen molar-refractivity contribution in [3.63, 3.8) is 0 Å². The van der Waals surface area contributed by atoms with Crippen LogP contribution in [0.3, 0.4) is 0 Å². The van der Waals surface area contributed by atoms with Crippen LogP contribution in [0, 0.1) is 0 Å². The Bertz CT molecular complexity index is 408. The lowest BCUT2D eigenvalue weighted by Gasteiger charge is -2.37. The molecule has 0 radical (unpaired) electrons. The SMILES string of the molecule is CC(CCN)c1cc2c3c(c1)CCCN3CCC2. The van der Waals surface area contributed by atoms with E-state index in [0.717, 1.165) is 13.0 Å². The topological polar surface area (TPSA) is 29.3 Å². The van der Waals surface area contributed by atoms with Crippen LogP contribution in [0.5, 0.6) is 0 Å². The van der Waals surface area contributed by atoms with E-state index in [2.05, 4.69) is 24.0 Å². The number of rotatable bonds is 3. The van der Waals surface area contributed by atoms with Crippen LogP contribution in [-0.2, 0) is 12.8 Å². The van der Waals surface area contributed by atoms with Crippen LogP contribution >= 0.6 is 0 Å². The lowest BCUT2D eigenvalue weighted by molar-refractivity contribution is 0.627. The number of nitrogens with two attached hydrogens (primary N) is 1. The van der Waals surface area contributed by atoms with Gasteiger partial charge in [0.25, 0.3) is 0 Å². The van der Waals surface area contributed by atoms with Crippen LogP contribution in [0.4, 0.5) is 5.69 Å². The van der Waals surface area contributed by atoms with Gasteiger partial charge in [0, 0.05) is 18.8 Å². The van der Waals surface area contributed by atoms with Gasteiger partial charge in [0.1, 0.15) is 0 Å². The largest absolute Gasteiger partial charge is 0.371 e. The van der Waals surface area contributed by atoms with Crippen molar-refractivity contribution in [2.24, 2.45) is 5.73 Å². The molecule has 2 heterocycles. The molecule has 3 rings (SSSR count). The van der Waals surface area contributed by atoms with E-state index >= 15 is 0 Å². The minimum atomic E-state index is 0.605. The Morgan fingerprint density at radius 2 is 1.78 bits per heavy atom. The molecule has 2 heteroatoms. The molecule has 98 valence electrons. The van der Waals surface area contributed by atoms with E-state index in [4.69, 9.17) is 5.73 Å². The molecule has 2 N–H and O–H groups in total. The molecule has 2 aliphatic rings. The fourth-order valence-corrected chi connectivity index (χ4v) is 3.53. The van der Waals surface area contributed by atoms with Gasteiger partial charge in [-0.2, -0.15) is 0 Å². The Hall–Kier alpha value is -1.02. The summed E-state index contributed by atoms with van der Waals surface area (Å²) >= 11 is 0. The number of anilines is 1. The van der Waals surface area contributed by atoms with Gasteiger partial charge in [-0.3, -0.25) is 0 Å². The Labute approximate surface area is 110 Å². The fraction of sp³-hybridized carbons (Fsp3) is 0.625. The molecule has 1 unspecified atom stereocenters. The molecule has 0 saturated heterocycles. The van der Waals surface area contributed by atoms with Gasteiger partial charge in [0.05, 0.1) is 0 Å². The summed E-state index contributed by atoms with van der Waals surface area (Å²) in [5, 5.41) is 0. The standard InChI is InChI=1S/C16H24N2/c1-12(6-7-17)15-10-13-4-2-8-18-9-3-5-14(11-15)16(13)18/h10-12H,2-9,17H2,1H3. The first-order chi connectivity index (χ1) is 8.79. The molecule has 0 aromatic heterocycles. The van der Waals surface area contributed by atoms with Crippen molar-refractivity contribution in [3.05, 3.63) is 28.8 Å². The highest BCUT2D eigenvalue weighted by atomic mass is 15.1. The average molecular weight is 244 g/mol. The molecule has 0 amide bonds. The van der Waals surface area contributed by atoms with Crippen molar-refractivity contribution in [3.8, 4) is 0 Å². The van der Waals surface area contributed by atoms with Gasteiger partial charge in [-0.15, -0.1) is 0 Å². The van der Waals surface area contributed by atoms with Crippen LogP contribution in [-0.4, -0.2) is 19.6 Å². The van der Waals surface area contributed by atoms with Crippen LogP contribution in [0.15, 0.2) is 12.1 Å². The monoisotopic (exact) mass is 244 g/mol. The maximum absolute atomic E-state index is 5.70. The quantitative estimate of drug-likeness (QED) is 0.886. The summed E-state index contributed by atoms with van der Waals surface area (Å²) in [5.41, 5.74) is 12.0. The van der Waals surface area contributed by atoms with E-state index in [0.29, 0.717) is 5.92 Å². The molecule has 1 aromatic carbocycles. The zero-order valence-electron chi connectivity index (χ0n) is 11.4. The Balaban J connectivity index is 2.00. The van der Waals surface area contributed by atoms with E-state index in [9.17, 15) is 0 Å². The van der Waals surface area contributed by atoms with Crippen LogP contribution in [0.1, 0.15) is 48.8 Å². The van der Waals surface area contributed by atoms with Crippen molar-refractivity contribution in [1.29, 1.82) is 0 Å². The predicted octanol–water partition coefficient (Wildman–Crippen LogP) is 2.84. The van der Waals surface area contributed by atoms with Gasteiger partial charge >= 0.3 is 0 Å². The summed E-state index contributed by atoms with van der Waals surface area (Å²) in [6.07, 6.45) is 6.27. The van der Waals surface area contributed by atoms with E-state index in [-0.39, 0.29) is 0 Å². The third kappa shape index (κ3) is 2.03. The van der Waals surface area contributed by atoms with Crippen LogP contribution in [0.2, 0.25) is 0 Å². The first kappa shape index (κ1) is 12.0. The van der Waals surface area contributed by atoms with Gasteiger partial charge in [0.2, 0.25) is 0 Å². The Morgan fingerprint density at radius 3 is 2.33 bits per heavy atom. The normalized spacial score (nSPS) is 19.6. The minimum Gasteiger partial charge on any atom is -0.371 e. The number of benzene rings is 1. The molecule has 1 aromatic rings. The summed E-state index contributed by atoms with van der Waals surface area (Å²) in [6, 6.07) is 4.91. The first-order valence-electron chi connectivity index (χ1n) is 7.40. The second kappa shape index (κ2) is 4.93. The number of nitrogens with zero attached hydrogens (tertiary/aromatic N) is 1. The van der Waals surface area contributed by atoms with Gasteiger partial charge in [-0.05, 0) is 61.3 Å². The van der Waals surface area contributed by atoms with E-state index in [1.807, 2.05) is 0 Å². The maximum atomic E-state index is 5.70. The summed E-state index contributed by atoms with van der Waals surface area (Å²) in [5.74, 6) is 0.605. The summed E-state index contributed by atoms with van der Waals surface area (Å²) in [4.78, 5) is 2.61. The van der Waals surface area contributed by atoms with Crippen molar-refractivity contribution >= 4 is 5.69 Å². The molecule has 2 aliphatic heterocycles. The lowest BCUT2D eigenvalue weighted by Crippen LogP contribution is -2.34. The molecule has 0 saturated carbocycles. The zero-order valence-corrected chi connectivity index (χ0v) is 11.4. The summed E-state index contributed by atoms with van der Waals surface area (Å²) in [7, 11) is 0. The molecule has 0 aliphatic carbocycles. The van der Waals surface area contributed by atoms with Crippen molar-refractivity contribution in [2.75, 3.05) is 24.5 Å². The number of aryl methyl sites for hydroxylation is 2. The average Bonchev–Trinajstić information content (AvgIpc) is 2.39. The first-order valence-corrected chi connectivity index (χ1v) is 7.40. The molecular formula is C16H24N2. The second-order valence-electron chi connectivity index (χ2n) is 5.86. The highest BCUT2D eigenvalue weighted by Crippen LogP contribution is 2.37. The molecule has 0 spiro atoms. The van der Waals surface area contributed by atoms with Crippen molar-refractivity contribution in [2.45, 2.75) is 44.9 Å². The summed E-state index contributed by atoms with van der Waals surface area (Å²) < 4.78 is 0. The van der Waals surface area contributed by atoms with Crippen LogP contribution in [0.25, 0.3) is 0 Å². The van der Waals surface area contributed by atoms with E-state index in [1.54, 1.807) is 16.8 Å². The maximum Gasteiger partial charge on any atom is 0.0431 e. The van der Waals surface area contributed by atoms with Crippen molar-refractivity contribution < 1.29 is 0 Å². The minimum absolute atomic E-state index is 0.605. The highest BCUT2D eigenvalue weighted by Gasteiger charge is 2.24. The van der Waals surface area contributed by atoms with Gasteiger partial charge < -0.3 is 10.6 Å². The predicted molar refractivity (Wildman–Crippen MR) is 77.4 cm³/mol. The molecule has 18 heavy (non-hydrogen) atoms. The second-order valence-corrected chi connectivity index (χ2v) is 5.86. The third-order valence-electron chi connectivity index (χ3n) is 4.52. The summed E-state index contributed by atoms with van der Waals surface area (Å²) in [6.45, 7) is 5.62. The smallest absolute Gasteiger partial charge is 0.0431 e.